The maximum atomic E-state index is 11.0. The third-order valence-electron chi connectivity index (χ3n) is 3.21. The van der Waals surface area contributed by atoms with Gasteiger partial charge in [-0.05, 0) is 31.4 Å². The summed E-state index contributed by atoms with van der Waals surface area (Å²) in [6.45, 7) is 6.28. The summed E-state index contributed by atoms with van der Waals surface area (Å²) in [5.41, 5.74) is 0.721. The molecule has 2 unspecified atom stereocenters. The fraction of sp³-hybridized carbons (Fsp3) is 0.500. The fourth-order valence-corrected chi connectivity index (χ4v) is 1.99. The Hall–Kier alpha value is -1.91. The summed E-state index contributed by atoms with van der Waals surface area (Å²) in [5, 5.41) is 14.2. The van der Waals surface area contributed by atoms with Crippen LogP contribution in [0.4, 0.5) is 11.4 Å². The first-order chi connectivity index (χ1) is 8.97. The second-order valence-electron chi connectivity index (χ2n) is 4.95. The Balaban J connectivity index is 2.88. The molecule has 2 atom stereocenters. The van der Waals surface area contributed by atoms with Gasteiger partial charge < -0.3 is 5.32 Å². The van der Waals surface area contributed by atoms with Crippen LogP contribution in [0.3, 0.4) is 0 Å². The van der Waals surface area contributed by atoms with E-state index in [0.29, 0.717) is 23.5 Å². The number of rotatable bonds is 7. The molecule has 0 aromatic heterocycles. The van der Waals surface area contributed by atoms with E-state index in [0.717, 1.165) is 12.8 Å². The Morgan fingerprint density at radius 1 is 1.42 bits per heavy atom. The molecule has 1 aromatic rings. The van der Waals surface area contributed by atoms with E-state index in [1.54, 1.807) is 12.1 Å². The van der Waals surface area contributed by atoms with Crippen LogP contribution >= 0.6 is 0 Å². The summed E-state index contributed by atoms with van der Waals surface area (Å²) in [6, 6.07) is 4.62. The van der Waals surface area contributed by atoms with Gasteiger partial charge in [0.1, 0.15) is 12.0 Å². The lowest BCUT2D eigenvalue weighted by Crippen LogP contribution is -2.19. The predicted octanol–water partition coefficient (Wildman–Crippen LogP) is 3.64. The molecule has 1 N–H and O–H groups in total. The van der Waals surface area contributed by atoms with E-state index in [4.69, 9.17) is 0 Å². The van der Waals surface area contributed by atoms with Gasteiger partial charge in [-0.25, -0.2) is 0 Å². The van der Waals surface area contributed by atoms with E-state index in [9.17, 15) is 14.9 Å². The van der Waals surface area contributed by atoms with Gasteiger partial charge in [-0.3, -0.25) is 14.9 Å². The first-order valence-electron chi connectivity index (χ1n) is 6.48. The average Bonchev–Trinajstić information content (AvgIpc) is 2.38. The summed E-state index contributed by atoms with van der Waals surface area (Å²) in [4.78, 5) is 21.2. The van der Waals surface area contributed by atoms with Gasteiger partial charge in [0.05, 0.1) is 4.92 Å². The van der Waals surface area contributed by atoms with Crippen molar-refractivity contribution in [3.63, 3.8) is 0 Å². The predicted molar refractivity (Wildman–Crippen MR) is 75.6 cm³/mol. The molecular weight excluding hydrogens is 244 g/mol. The molecule has 0 fully saturated rings. The molecule has 104 valence electrons. The van der Waals surface area contributed by atoms with Gasteiger partial charge in [0.15, 0.2) is 0 Å². The van der Waals surface area contributed by atoms with Crippen LogP contribution in [0.2, 0.25) is 0 Å². The van der Waals surface area contributed by atoms with Crippen molar-refractivity contribution in [1.29, 1.82) is 0 Å². The molecule has 0 spiro atoms. The third kappa shape index (κ3) is 4.35. The van der Waals surface area contributed by atoms with Crippen molar-refractivity contribution in [1.82, 2.24) is 0 Å². The van der Waals surface area contributed by atoms with Gasteiger partial charge >= 0.3 is 0 Å². The molecule has 0 amide bonds. The lowest BCUT2D eigenvalue weighted by molar-refractivity contribution is -0.384. The van der Waals surface area contributed by atoms with Crippen LogP contribution in [-0.4, -0.2) is 17.3 Å². The van der Waals surface area contributed by atoms with Crippen LogP contribution in [-0.2, 0) is 0 Å². The number of hydrogen-bond acceptors (Lipinski definition) is 4. The highest BCUT2D eigenvalue weighted by Crippen LogP contribution is 2.26. The highest BCUT2D eigenvalue weighted by molar-refractivity contribution is 5.79. The smallest absolute Gasteiger partial charge is 0.293 e. The minimum Gasteiger partial charge on any atom is -0.377 e. The first kappa shape index (κ1) is 15.1. The molecule has 0 bridgehead atoms. The Kier molecular flexibility index (Phi) is 5.48. The van der Waals surface area contributed by atoms with Crippen molar-refractivity contribution in [3.8, 4) is 0 Å². The molecule has 0 saturated carbocycles. The molecule has 19 heavy (non-hydrogen) atoms. The molecule has 1 aromatic carbocycles. The lowest BCUT2D eigenvalue weighted by Gasteiger charge is -2.18. The van der Waals surface area contributed by atoms with Crippen molar-refractivity contribution >= 4 is 17.7 Å². The maximum absolute atomic E-state index is 11.0. The largest absolute Gasteiger partial charge is 0.377 e. The summed E-state index contributed by atoms with van der Waals surface area (Å²) < 4.78 is 0. The summed E-state index contributed by atoms with van der Waals surface area (Å²) in [5.74, 6) is 0.566. The zero-order valence-corrected chi connectivity index (χ0v) is 11.6. The number of nitrogens with one attached hydrogen (secondary N) is 1. The Morgan fingerprint density at radius 2 is 2.11 bits per heavy atom. The van der Waals surface area contributed by atoms with Crippen molar-refractivity contribution in [3.05, 3.63) is 33.9 Å². The topological polar surface area (TPSA) is 72.2 Å². The second kappa shape index (κ2) is 6.87. The molecular formula is C14H20N2O3. The monoisotopic (exact) mass is 264 g/mol. The Morgan fingerprint density at radius 3 is 2.63 bits per heavy atom. The standard InChI is InChI=1S/C14H20N2O3/c1-4-10(2)7-11(3)15-13-6-5-12(9-17)8-14(13)16(18)19/h5-6,8-11,15H,4,7H2,1-3H3. The molecule has 0 heterocycles. The lowest BCUT2D eigenvalue weighted by atomic mass is 10.00. The summed E-state index contributed by atoms with van der Waals surface area (Å²) >= 11 is 0. The van der Waals surface area contributed by atoms with Crippen molar-refractivity contribution in [2.75, 3.05) is 5.32 Å². The zero-order chi connectivity index (χ0) is 14.4. The number of carbonyl (C=O) groups is 1. The van der Waals surface area contributed by atoms with Crippen LogP contribution in [0.15, 0.2) is 18.2 Å². The molecule has 5 nitrogen and oxygen atoms in total. The number of carbonyl (C=O) groups excluding carboxylic acids is 1. The van der Waals surface area contributed by atoms with E-state index in [1.807, 2.05) is 6.92 Å². The first-order valence-corrected chi connectivity index (χ1v) is 6.48. The van der Waals surface area contributed by atoms with E-state index < -0.39 is 4.92 Å². The Bertz CT molecular complexity index is 460. The minimum absolute atomic E-state index is 0.0550. The second-order valence-corrected chi connectivity index (χ2v) is 4.95. The van der Waals surface area contributed by atoms with Gasteiger partial charge in [0, 0.05) is 17.7 Å². The van der Waals surface area contributed by atoms with E-state index in [2.05, 4.69) is 19.2 Å². The molecule has 0 aliphatic carbocycles. The molecule has 5 heteroatoms. The van der Waals surface area contributed by atoms with Crippen LogP contribution in [0, 0.1) is 16.0 Å². The molecule has 0 aliphatic rings. The van der Waals surface area contributed by atoms with Crippen LogP contribution in [0.25, 0.3) is 0 Å². The quantitative estimate of drug-likeness (QED) is 0.463. The number of nitro benzene ring substituents is 1. The molecule has 0 radical (unpaired) electrons. The van der Waals surface area contributed by atoms with Crippen LogP contribution < -0.4 is 5.32 Å². The number of anilines is 1. The number of benzene rings is 1. The highest BCUT2D eigenvalue weighted by atomic mass is 16.6. The van der Waals surface area contributed by atoms with E-state index in [1.165, 1.54) is 6.07 Å². The summed E-state index contributed by atoms with van der Waals surface area (Å²) in [6.07, 6.45) is 2.64. The van der Waals surface area contributed by atoms with Gasteiger partial charge in [-0.2, -0.15) is 0 Å². The molecule has 0 aliphatic heterocycles. The minimum atomic E-state index is -0.467. The fourth-order valence-electron chi connectivity index (χ4n) is 1.99. The van der Waals surface area contributed by atoms with Gasteiger partial charge in [0.2, 0.25) is 0 Å². The van der Waals surface area contributed by atoms with E-state index >= 15 is 0 Å². The number of hydrogen-bond donors (Lipinski definition) is 1. The average molecular weight is 264 g/mol. The number of aldehydes is 1. The van der Waals surface area contributed by atoms with Gasteiger partial charge in [-0.15, -0.1) is 0 Å². The van der Waals surface area contributed by atoms with Crippen molar-refractivity contribution in [2.24, 2.45) is 5.92 Å². The maximum Gasteiger partial charge on any atom is 0.293 e. The van der Waals surface area contributed by atoms with E-state index in [-0.39, 0.29) is 11.7 Å². The summed E-state index contributed by atoms with van der Waals surface area (Å²) in [7, 11) is 0. The number of nitrogens with zero attached hydrogens (tertiary/aromatic N) is 1. The van der Waals surface area contributed by atoms with Crippen molar-refractivity contribution < 1.29 is 9.72 Å². The molecule has 1 rings (SSSR count). The molecule has 0 saturated heterocycles. The third-order valence-corrected chi connectivity index (χ3v) is 3.21. The van der Waals surface area contributed by atoms with Gasteiger partial charge in [0.25, 0.3) is 5.69 Å². The van der Waals surface area contributed by atoms with Crippen molar-refractivity contribution in [2.45, 2.75) is 39.7 Å². The van der Waals surface area contributed by atoms with Crippen LogP contribution in [0.1, 0.15) is 44.0 Å². The highest BCUT2D eigenvalue weighted by Gasteiger charge is 2.17. The van der Waals surface area contributed by atoms with Crippen LogP contribution in [0.5, 0.6) is 0 Å². The van der Waals surface area contributed by atoms with Gasteiger partial charge in [-0.1, -0.05) is 20.3 Å². The number of nitro groups is 1. The SMILES string of the molecule is CCC(C)CC(C)Nc1ccc(C=O)cc1[N+](=O)[O-]. The Labute approximate surface area is 113 Å². The normalized spacial score (nSPS) is 13.6. The zero-order valence-electron chi connectivity index (χ0n) is 11.6.